The number of hydrogen-bond donors (Lipinski definition) is 0. The van der Waals surface area contributed by atoms with Crippen LogP contribution in [0.1, 0.15) is 13.3 Å². The highest BCUT2D eigenvalue weighted by atomic mass is 32.2. The lowest BCUT2D eigenvalue weighted by Gasteiger charge is -2.23. The lowest BCUT2D eigenvalue weighted by molar-refractivity contribution is -0.129. The van der Waals surface area contributed by atoms with E-state index in [2.05, 4.69) is 11.9 Å². The molecule has 0 radical (unpaired) electrons. The van der Waals surface area contributed by atoms with Crippen molar-refractivity contribution in [2.24, 2.45) is 10.9 Å². The van der Waals surface area contributed by atoms with Crippen molar-refractivity contribution in [1.29, 1.82) is 0 Å². The molecule has 3 atom stereocenters. The zero-order chi connectivity index (χ0) is 9.64. The normalized spacial score (nSPS) is 41.2. The Kier molecular flexibility index (Phi) is 1.91. The first-order valence-electron chi connectivity index (χ1n) is 4.49. The molecule has 1 saturated carbocycles. The maximum atomic E-state index is 11.9. The van der Waals surface area contributed by atoms with Crippen LogP contribution in [0.2, 0.25) is 0 Å². The van der Waals surface area contributed by atoms with Crippen LogP contribution in [-0.2, 0) is 4.79 Å². The van der Waals surface area contributed by atoms with Gasteiger partial charge in [0.25, 0.3) is 0 Å². The fraction of sp³-hybridized carbons (Fsp3) is 0.778. The van der Waals surface area contributed by atoms with Gasteiger partial charge in [-0.3, -0.25) is 9.79 Å². The molecule has 13 heavy (non-hydrogen) atoms. The standard InChI is InChI=1S/C9H14N2OS/c1-6-7-4-9(7,13-5-10-6)8(12)11(2)3/h5-7H,4H2,1-3H3. The van der Waals surface area contributed by atoms with Crippen molar-refractivity contribution >= 4 is 23.2 Å². The summed E-state index contributed by atoms with van der Waals surface area (Å²) in [4.78, 5) is 17.9. The maximum Gasteiger partial charge on any atom is 0.239 e. The molecule has 1 aliphatic carbocycles. The van der Waals surface area contributed by atoms with Gasteiger partial charge in [-0.15, -0.1) is 0 Å². The van der Waals surface area contributed by atoms with Gasteiger partial charge in [-0.2, -0.15) is 0 Å². The van der Waals surface area contributed by atoms with E-state index in [4.69, 9.17) is 0 Å². The molecule has 0 aromatic carbocycles. The Morgan fingerprint density at radius 1 is 1.69 bits per heavy atom. The summed E-state index contributed by atoms with van der Waals surface area (Å²) in [6.07, 6.45) is 0.996. The molecular formula is C9H14N2OS. The molecule has 4 heteroatoms. The van der Waals surface area contributed by atoms with Gasteiger partial charge in [-0.05, 0) is 13.3 Å². The molecule has 3 nitrogen and oxygen atoms in total. The highest BCUT2D eigenvalue weighted by Gasteiger charge is 2.64. The van der Waals surface area contributed by atoms with E-state index in [1.807, 2.05) is 19.6 Å². The molecule has 0 bridgehead atoms. The van der Waals surface area contributed by atoms with E-state index in [-0.39, 0.29) is 10.7 Å². The number of hydrogen-bond acceptors (Lipinski definition) is 3. The average Bonchev–Trinajstić information content (AvgIpc) is 2.80. The third-order valence-corrected chi connectivity index (χ3v) is 4.16. The highest BCUT2D eigenvalue weighted by molar-refractivity contribution is 8.14. The van der Waals surface area contributed by atoms with Gasteiger partial charge in [0.1, 0.15) is 4.75 Å². The first kappa shape index (κ1) is 9.06. The number of carbonyl (C=O) groups excluding carboxylic acids is 1. The molecule has 0 aromatic heterocycles. The van der Waals surface area contributed by atoms with Crippen LogP contribution in [0.5, 0.6) is 0 Å². The van der Waals surface area contributed by atoms with Gasteiger partial charge < -0.3 is 4.90 Å². The Morgan fingerprint density at radius 2 is 2.38 bits per heavy atom. The van der Waals surface area contributed by atoms with Crippen LogP contribution in [-0.4, -0.2) is 41.2 Å². The Balaban J connectivity index is 2.18. The number of fused-ring (bicyclic) bond motifs is 1. The van der Waals surface area contributed by atoms with Crippen LogP contribution in [0.25, 0.3) is 0 Å². The minimum atomic E-state index is -0.148. The topological polar surface area (TPSA) is 32.7 Å². The molecule has 1 heterocycles. The van der Waals surface area contributed by atoms with E-state index >= 15 is 0 Å². The molecule has 1 fully saturated rings. The third-order valence-electron chi connectivity index (χ3n) is 2.87. The van der Waals surface area contributed by atoms with Gasteiger partial charge in [-0.1, -0.05) is 11.8 Å². The summed E-state index contributed by atoms with van der Waals surface area (Å²) in [5, 5.41) is 0. The van der Waals surface area contributed by atoms with Crippen LogP contribution in [0.4, 0.5) is 0 Å². The van der Waals surface area contributed by atoms with Crippen molar-refractivity contribution in [3.05, 3.63) is 0 Å². The first-order valence-corrected chi connectivity index (χ1v) is 5.37. The molecule has 0 aromatic rings. The van der Waals surface area contributed by atoms with Crippen LogP contribution >= 0.6 is 11.8 Å². The van der Waals surface area contributed by atoms with Gasteiger partial charge in [0.05, 0.1) is 11.6 Å². The molecule has 2 aliphatic rings. The first-order chi connectivity index (χ1) is 6.08. The smallest absolute Gasteiger partial charge is 0.239 e. The molecule has 3 unspecified atom stereocenters. The minimum absolute atomic E-state index is 0.148. The van der Waals surface area contributed by atoms with Gasteiger partial charge in [0.15, 0.2) is 0 Å². The second kappa shape index (κ2) is 2.74. The summed E-state index contributed by atoms with van der Waals surface area (Å²) >= 11 is 1.60. The average molecular weight is 198 g/mol. The molecule has 1 amide bonds. The van der Waals surface area contributed by atoms with Crippen molar-refractivity contribution in [3.63, 3.8) is 0 Å². The second-order valence-corrected chi connectivity index (χ2v) is 5.19. The third kappa shape index (κ3) is 1.19. The maximum absolute atomic E-state index is 11.9. The number of rotatable bonds is 1. The summed E-state index contributed by atoms with van der Waals surface area (Å²) in [6, 6.07) is 0.324. The lowest BCUT2D eigenvalue weighted by Crippen LogP contribution is -2.37. The van der Waals surface area contributed by atoms with Crippen molar-refractivity contribution in [3.8, 4) is 0 Å². The number of nitrogens with zero attached hydrogens (tertiary/aromatic N) is 2. The predicted octanol–water partition coefficient (Wildman–Crippen LogP) is 0.997. The van der Waals surface area contributed by atoms with Gasteiger partial charge in [0, 0.05) is 20.0 Å². The van der Waals surface area contributed by atoms with Crippen LogP contribution in [0.15, 0.2) is 4.99 Å². The van der Waals surface area contributed by atoms with Gasteiger partial charge in [0.2, 0.25) is 5.91 Å². The molecule has 0 N–H and O–H groups in total. The van der Waals surface area contributed by atoms with E-state index in [9.17, 15) is 4.79 Å². The lowest BCUT2D eigenvalue weighted by atomic mass is 10.1. The molecule has 1 aliphatic heterocycles. The summed E-state index contributed by atoms with van der Waals surface area (Å²) in [6.45, 7) is 2.09. The number of thioether (sulfide) groups is 1. The van der Waals surface area contributed by atoms with Gasteiger partial charge >= 0.3 is 0 Å². The quantitative estimate of drug-likeness (QED) is 0.629. The highest BCUT2D eigenvalue weighted by Crippen LogP contribution is 2.58. The summed E-state index contributed by atoms with van der Waals surface area (Å²) in [5.74, 6) is 0.720. The Hall–Kier alpha value is -0.510. The van der Waals surface area contributed by atoms with Crippen molar-refractivity contribution in [1.82, 2.24) is 4.90 Å². The number of aliphatic imine (C=N–C) groups is 1. The largest absolute Gasteiger partial charge is 0.348 e. The molecule has 0 spiro atoms. The Morgan fingerprint density at radius 3 is 3.00 bits per heavy atom. The molecule has 2 rings (SSSR count). The van der Waals surface area contributed by atoms with Crippen molar-refractivity contribution in [2.45, 2.75) is 24.1 Å². The molecule has 72 valence electrons. The van der Waals surface area contributed by atoms with E-state index in [1.165, 1.54) is 0 Å². The Labute approximate surface area is 82.6 Å². The van der Waals surface area contributed by atoms with Gasteiger partial charge in [-0.25, -0.2) is 0 Å². The summed E-state index contributed by atoms with van der Waals surface area (Å²) in [7, 11) is 3.65. The van der Waals surface area contributed by atoms with Crippen LogP contribution in [0, 0.1) is 5.92 Å². The zero-order valence-electron chi connectivity index (χ0n) is 8.15. The summed E-state index contributed by atoms with van der Waals surface area (Å²) < 4.78 is -0.148. The predicted molar refractivity (Wildman–Crippen MR) is 55.1 cm³/mol. The SMILES string of the molecule is CC1N=CSC2(C(=O)N(C)C)CC12. The molecular weight excluding hydrogens is 184 g/mol. The minimum Gasteiger partial charge on any atom is -0.348 e. The monoisotopic (exact) mass is 198 g/mol. The Bertz CT molecular complexity index is 277. The van der Waals surface area contributed by atoms with Crippen LogP contribution < -0.4 is 0 Å². The van der Waals surface area contributed by atoms with E-state index in [0.717, 1.165) is 6.42 Å². The number of amides is 1. The van der Waals surface area contributed by atoms with Crippen molar-refractivity contribution in [2.75, 3.05) is 14.1 Å². The van der Waals surface area contributed by atoms with Crippen molar-refractivity contribution < 1.29 is 4.79 Å². The van der Waals surface area contributed by atoms with E-state index in [1.54, 1.807) is 16.7 Å². The second-order valence-electron chi connectivity index (χ2n) is 4.01. The van der Waals surface area contributed by atoms with E-state index < -0.39 is 0 Å². The zero-order valence-corrected chi connectivity index (χ0v) is 8.97. The van der Waals surface area contributed by atoms with Crippen LogP contribution in [0.3, 0.4) is 0 Å². The fourth-order valence-electron chi connectivity index (χ4n) is 1.96. The van der Waals surface area contributed by atoms with E-state index in [0.29, 0.717) is 12.0 Å². The number of carbonyl (C=O) groups is 1. The fourth-order valence-corrected chi connectivity index (χ4v) is 3.33. The molecule has 0 saturated heterocycles. The summed E-state index contributed by atoms with van der Waals surface area (Å²) in [5.41, 5.74) is 1.84.